The fraction of sp³-hybridized carbons (Fsp3) is 0.417. The summed E-state index contributed by atoms with van der Waals surface area (Å²) in [6.45, 7) is 1.54. The Morgan fingerprint density at radius 1 is 1.29 bits per heavy atom. The Bertz CT molecular complexity index is 601. The highest BCUT2D eigenvalue weighted by atomic mass is 19.4. The molecule has 2 rings (SSSR count). The number of ether oxygens (including phenoxy) is 2. The second-order valence-electron chi connectivity index (χ2n) is 4.07. The molecule has 0 aliphatic rings. The predicted octanol–water partition coefficient (Wildman–Crippen LogP) is 2.77. The molecule has 0 unspecified atom stereocenters. The Morgan fingerprint density at radius 2 is 2.05 bits per heavy atom. The number of rotatable bonds is 5. The van der Waals surface area contributed by atoms with Gasteiger partial charge in [-0.05, 0) is 13.0 Å². The lowest BCUT2D eigenvalue weighted by Crippen LogP contribution is -2.09. The van der Waals surface area contributed by atoms with Gasteiger partial charge in [-0.25, -0.2) is 4.98 Å². The van der Waals surface area contributed by atoms with Crippen molar-refractivity contribution in [3.8, 4) is 5.88 Å². The zero-order chi connectivity index (χ0) is 15.5. The van der Waals surface area contributed by atoms with Crippen LogP contribution in [0.2, 0.25) is 0 Å². The van der Waals surface area contributed by atoms with Crippen molar-refractivity contribution in [2.75, 3.05) is 7.11 Å². The van der Waals surface area contributed by atoms with Gasteiger partial charge in [-0.3, -0.25) is 0 Å². The first kappa shape index (κ1) is 15.2. The van der Waals surface area contributed by atoms with Gasteiger partial charge >= 0.3 is 6.18 Å². The lowest BCUT2D eigenvalue weighted by atomic mass is 10.3. The Balaban J connectivity index is 2.01. The monoisotopic (exact) mass is 303 g/mol. The van der Waals surface area contributed by atoms with Crippen LogP contribution in [0, 0.1) is 0 Å². The van der Waals surface area contributed by atoms with Crippen molar-refractivity contribution in [1.82, 2.24) is 15.1 Å². The highest BCUT2D eigenvalue weighted by Gasteiger charge is 2.32. The Morgan fingerprint density at radius 3 is 2.71 bits per heavy atom. The molecule has 0 aliphatic carbocycles. The van der Waals surface area contributed by atoms with Crippen molar-refractivity contribution in [2.24, 2.45) is 0 Å². The molecule has 0 N–H and O–H groups in total. The van der Waals surface area contributed by atoms with Gasteiger partial charge < -0.3 is 14.0 Å². The summed E-state index contributed by atoms with van der Waals surface area (Å²) in [5, 5.41) is 3.66. The average Bonchev–Trinajstić information content (AvgIpc) is 2.92. The quantitative estimate of drug-likeness (QED) is 0.846. The maximum atomic E-state index is 12.5. The summed E-state index contributed by atoms with van der Waals surface area (Å²) in [5.74, 6) is 0.269. The van der Waals surface area contributed by atoms with Crippen LogP contribution in [0.1, 0.15) is 30.4 Å². The molecule has 0 bridgehead atoms. The first-order valence-electron chi connectivity index (χ1n) is 5.92. The number of aromatic nitrogens is 3. The SMILES string of the molecule is CO[C@@H](C)c1noc(COc2cccc(C(F)(F)F)n2)n1. The minimum absolute atomic E-state index is 0.119. The van der Waals surface area contributed by atoms with Crippen molar-refractivity contribution < 1.29 is 27.2 Å². The van der Waals surface area contributed by atoms with Crippen molar-refractivity contribution in [3.63, 3.8) is 0 Å². The van der Waals surface area contributed by atoms with Crippen LogP contribution in [-0.4, -0.2) is 22.2 Å². The van der Waals surface area contributed by atoms with Gasteiger partial charge in [0.2, 0.25) is 5.88 Å². The Hall–Kier alpha value is -2.16. The number of halogens is 3. The lowest BCUT2D eigenvalue weighted by molar-refractivity contribution is -0.141. The van der Waals surface area contributed by atoms with Crippen molar-refractivity contribution in [3.05, 3.63) is 35.6 Å². The lowest BCUT2D eigenvalue weighted by Gasteiger charge is -2.07. The van der Waals surface area contributed by atoms with E-state index in [-0.39, 0.29) is 24.5 Å². The van der Waals surface area contributed by atoms with Crippen LogP contribution in [0.4, 0.5) is 13.2 Å². The molecule has 9 heteroatoms. The van der Waals surface area contributed by atoms with Crippen molar-refractivity contribution >= 4 is 0 Å². The standard InChI is InChI=1S/C12H12F3N3O3/c1-7(19-2)11-17-10(21-18-11)6-20-9-5-3-4-8(16-9)12(13,14)15/h3-5,7H,6H2,1-2H3/t7-/m0/s1. The van der Waals surface area contributed by atoms with E-state index in [0.29, 0.717) is 5.82 Å². The second-order valence-corrected chi connectivity index (χ2v) is 4.07. The van der Waals surface area contributed by atoms with E-state index < -0.39 is 11.9 Å². The number of nitrogens with zero attached hydrogens (tertiary/aromatic N) is 3. The minimum atomic E-state index is -4.52. The van der Waals surface area contributed by atoms with Crippen LogP contribution in [0.3, 0.4) is 0 Å². The van der Waals surface area contributed by atoms with Crippen LogP contribution in [0.5, 0.6) is 5.88 Å². The first-order valence-corrected chi connectivity index (χ1v) is 5.92. The zero-order valence-electron chi connectivity index (χ0n) is 11.2. The van der Waals surface area contributed by atoms with Gasteiger partial charge in [0.15, 0.2) is 12.4 Å². The first-order chi connectivity index (χ1) is 9.90. The third kappa shape index (κ3) is 3.91. The molecule has 0 saturated carbocycles. The van der Waals surface area contributed by atoms with E-state index in [1.54, 1.807) is 6.92 Å². The summed E-state index contributed by atoms with van der Waals surface area (Å²) in [5.41, 5.74) is -1.03. The van der Waals surface area contributed by atoms with Gasteiger partial charge in [0.1, 0.15) is 11.8 Å². The smallest absolute Gasteiger partial charge is 0.433 e. The minimum Gasteiger partial charge on any atom is -0.468 e. The molecular weight excluding hydrogens is 291 g/mol. The van der Waals surface area contributed by atoms with Crippen LogP contribution >= 0.6 is 0 Å². The molecule has 0 amide bonds. The molecule has 0 aromatic carbocycles. The fourth-order valence-corrected chi connectivity index (χ4v) is 1.39. The normalized spacial score (nSPS) is 13.2. The Labute approximate surface area is 117 Å². The largest absolute Gasteiger partial charge is 0.468 e. The molecule has 6 nitrogen and oxygen atoms in total. The number of pyridine rings is 1. The molecule has 1 atom stereocenters. The van der Waals surface area contributed by atoms with E-state index in [0.717, 1.165) is 6.07 Å². The fourth-order valence-electron chi connectivity index (χ4n) is 1.39. The second kappa shape index (κ2) is 6.08. The van der Waals surface area contributed by atoms with Crippen molar-refractivity contribution in [1.29, 1.82) is 0 Å². The van der Waals surface area contributed by atoms with E-state index in [1.165, 1.54) is 19.2 Å². The molecule has 2 heterocycles. The molecule has 0 aliphatic heterocycles. The molecule has 2 aromatic heterocycles. The third-order valence-corrected chi connectivity index (χ3v) is 2.56. The molecule has 0 fully saturated rings. The molecule has 0 spiro atoms. The van der Waals surface area contributed by atoms with Gasteiger partial charge in [-0.1, -0.05) is 11.2 Å². The van der Waals surface area contributed by atoms with Gasteiger partial charge in [0.25, 0.3) is 5.89 Å². The van der Waals surface area contributed by atoms with E-state index in [2.05, 4.69) is 15.1 Å². The van der Waals surface area contributed by atoms with Gasteiger partial charge in [-0.2, -0.15) is 18.2 Å². The number of methoxy groups -OCH3 is 1. The number of hydrogen-bond donors (Lipinski definition) is 0. The summed E-state index contributed by atoms with van der Waals surface area (Å²) in [4.78, 5) is 7.34. The average molecular weight is 303 g/mol. The highest BCUT2D eigenvalue weighted by Crippen LogP contribution is 2.28. The maximum absolute atomic E-state index is 12.5. The molecule has 2 aromatic rings. The summed E-state index contributed by atoms with van der Waals surface area (Å²) >= 11 is 0. The van der Waals surface area contributed by atoms with Crippen LogP contribution in [0.25, 0.3) is 0 Å². The molecule has 0 saturated heterocycles. The topological polar surface area (TPSA) is 70.3 Å². The summed E-state index contributed by atoms with van der Waals surface area (Å²) in [6, 6.07) is 3.37. The van der Waals surface area contributed by atoms with E-state index in [9.17, 15) is 13.2 Å². The van der Waals surface area contributed by atoms with Crippen LogP contribution in [-0.2, 0) is 17.5 Å². The van der Waals surface area contributed by atoms with Gasteiger partial charge in [0, 0.05) is 13.2 Å². The summed E-state index contributed by atoms with van der Waals surface area (Å²) < 4.78 is 52.5. The van der Waals surface area contributed by atoms with E-state index in [4.69, 9.17) is 14.0 Å². The summed E-state index contributed by atoms with van der Waals surface area (Å²) in [7, 11) is 1.49. The van der Waals surface area contributed by atoms with Crippen molar-refractivity contribution in [2.45, 2.75) is 25.8 Å². The predicted molar refractivity (Wildman–Crippen MR) is 63.3 cm³/mol. The molecule has 0 radical (unpaired) electrons. The summed E-state index contributed by atoms with van der Waals surface area (Å²) in [6.07, 6.45) is -4.88. The van der Waals surface area contributed by atoms with Crippen LogP contribution in [0.15, 0.2) is 22.7 Å². The number of hydrogen-bond acceptors (Lipinski definition) is 6. The van der Waals surface area contributed by atoms with Crippen LogP contribution < -0.4 is 4.74 Å². The van der Waals surface area contributed by atoms with Gasteiger partial charge in [0.05, 0.1) is 0 Å². The molecule has 114 valence electrons. The number of alkyl halides is 3. The van der Waals surface area contributed by atoms with E-state index in [1.807, 2.05) is 0 Å². The third-order valence-electron chi connectivity index (χ3n) is 2.56. The maximum Gasteiger partial charge on any atom is 0.433 e. The zero-order valence-corrected chi connectivity index (χ0v) is 11.2. The van der Waals surface area contributed by atoms with Gasteiger partial charge in [-0.15, -0.1) is 0 Å². The van der Waals surface area contributed by atoms with E-state index >= 15 is 0 Å². The Kier molecular flexibility index (Phi) is 4.41. The molecule has 21 heavy (non-hydrogen) atoms. The molecular formula is C12H12F3N3O3. The highest BCUT2D eigenvalue weighted by molar-refractivity contribution is 5.17.